The molecule has 8 heteroatoms. The maximum Gasteiger partial charge on any atom is 0.326 e. The van der Waals surface area contributed by atoms with Gasteiger partial charge in [-0.15, -0.1) is 0 Å². The third-order valence-electron chi connectivity index (χ3n) is 2.72. The smallest absolute Gasteiger partial charge is 0.326 e. The average Bonchev–Trinajstić information content (AvgIpc) is 2.30. The lowest BCUT2D eigenvalue weighted by atomic mass is 10.1. The lowest BCUT2D eigenvalue weighted by Crippen LogP contribution is -2.49. The Labute approximate surface area is 112 Å². The van der Waals surface area contributed by atoms with Crippen LogP contribution in [0.1, 0.15) is 19.8 Å². The number of carbonyl (C=O) groups excluding carboxylic acids is 2. The maximum absolute atomic E-state index is 11.5. The highest BCUT2D eigenvalue weighted by molar-refractivity contribution is 5.83. The van der Waals surface area contributed by atoms with Gasteiger partial charge in [0, 0.05) is 19.0 Å². The van der Waals surface area contributed by atoms with Crippen molar-refractivity contribution in [3.8, 4) is 0 Å². The Morgan fingerprint density at radius 3 is 2.32 bits per heavy atom. The molecule has 5 N–H and O–H groups in total. The number of nitrogens with two attached hydrogens (primary N) is 1. The third kappa shape index (κ3) is 7.98. The van der Waals surface area contributed by atoms with E-state index in [-0.39, 0.29) is 18.9 Å². The van der Waals surface area contributed by atoms with E-state index in [1.165, 1.54) is 0 Å². The molecule has 110 valence electrons. The molecule has 2 unspecified atom stereocenters. The second-order valence-electron chi connectivity index (χ2n) is 4.56. The molecule has 8 nitrogen and oxygen atoms in total. The minimum absolute atomic E-state index is 0.0265. The number of urea groups is 1. The van der Waals surface area contributed by atoms with Gasteiger partial charge in [-0.05, 0) is 27.4 Å². The Hall–Kier alpha value is -1.83. The molecule has 0 fully saturated rings. The summed E-state index contributed by atoms with van der Waals surface area (Å²) in [6, 6.07) is -1.58. The summed E-state index contributed by atoms with van der Waals surface area (Å²) in [6.07, 6.45) is -0.118. The van der Waals surface area contributed by atoms with Gasteiger partial charge in [0.05, 0.1) is 0 Å². The molecule has 3 amide bonds. The van der Waals surface area contributed by atoms with E-state index in [0.29, 0.717) is 6.54 Å². The minimum Gasteiger partial charge on any atom is -0.480 e. The van der Waals surface area contributed by atoms with Gasteiger partial charge in [-0.2, -0.15) is 0 Å². The molecule has 0 aliphatic rings. The highest BCUT2D eigenvalue weighted by Crippen LogP contribution is 1.97. The van der Waals surface area contributed by atoms with Crippen LogP contribution >= 0.6 is 0 Å². The summed E-state index contributed by atoms with van der Waals surface area (Å²) >= 11 is 0. The number of nitrogens with zero attached hydrogens (tertiary/aromatic N) is 1. The van der Waals surface area contributed by atoms with E-state index >= 15 is 0 Å². The van der Waals surface area contributed by atoms with Gasteiger partial charge < -0.3 is 26.4 Å². The Morgan fingerprint density at radius 1 is 1.32 bits per heavy atom. The fraction of sp³-hybridized carbons (Fsp3) is 0.727. The van der Waals surface area contributed by atoms with Crippen LogP contribution < -0.4 is 16.4 Å². The summed E-state index contributed by atoms with van der Waals surface area (Å²) in [6.45, 7) is 2.31. The zero-order valence-electron chi connectivity index (χ0n) is 11.5. The van der Waals surface area contributed by atoms with Gasteiger partial charge in [0.25, 0.3) is 0 Å². The van der Waals surface area contributed by atoms with Crippen LogP contribution in [0.5, 0.6) is 0 Å². The summed E-state index contributed by atoms with van der Waals surface area (Å²) in [5, 5.41) is 13.8. The van der Waals surface area contributed by atoms with Crippen LogP contribution in [0.25, 0.3) is 0 Å². The zero-order valence-corrected chi connectivity index (χ0v) is 11.5. The van der Waals surface area contributed by atoms with Crippen molar-refractivity contribution in [3.05, 3.63) is 0 Å². The highest BCUT2D eigenvalue weighted by Gasteiger charge is 2.20. The molecule has 2 atom stereocenters. The molecule has 0 aliphatic heterocycles. The first-order valence-corrected chi connectivity index (χ1v) is 5.96. The van der Waals surface area contributed by atoms with E-state index in [4.69, 9.17) is 10.8 Å². The van der Waals surface area contributed by atoms with Crippen LogP contribution in [0.15, 0.2) is 0 Å². The number of primary amides is 1. The standard InChI is InChI=1S/C11H22N4O4/c1-7(15(2)3)6-13-11(19)14-8(10(17)18)4-5-9(12)16/h7-8H,4-6H2,1-3H3,(H2,12,16)(H,17,18)(H2,13,14,19). The van der Waals surface area contributed by atoms with Crippen LogP contribution in [-0.4, -0.2) is 60.6 Å². The molecular weight excluding hydrogens is 252 g/mol. The quantitative estimate of drug-likeness (QED) is 0.449. The van der Waals surface area contributed by atoms with Crippen molar-refractivity contribution in [2.45, 2.75) is 31.8 Å². The largest absolute Gasteiger partial charge is 0.480 e. The highest BCUT2D eigenvalue weighted by atomic mass is 16.4. The van der Waals surface area contributed by atoms with Crippen LogP contribution in [0.4, 0.5) is 4.79 Å². The molecule has 0 aliphatic carbocycles. The average molecular weight is 274 g/mol. The Balaban J connectivity index is 4.17. The third-order valence-corrected chi connectivity index (χ3v) is 2.72. The molecule has 0 saturated heterocycles. The lowest BCUT2D eigenvalue weighted by molar-refractivity contribution is -0.139. The van der Waals surface area contributed by atoms with Crippen molar-refractivity contribution in [2.24, 2.45) is 5.73 Å². The number of carboxylic acid groups (broad SMARTS) is 1. The van der Waals surface area contributed by atoms with Crippen molar-refractivity contribution in [3.63, 3.8) is 0 Å². The second-order valence-corrected chi connectivity index (χ2v) is 4.56. The van der Waals surface area contributed by atoms with E-state index in [1.807, 2.05) is 25.9 Å². The SMILES string of the molecule is CC(CNC(=O)NC(CCC(N)=O)C(=O)O)N(C)C. The first kappa shape index (κ1) is 17.2. The van der Waals surface area contributed by atoms with Gasteiger partial charge in [-0.1, -0.05) is 0 Å². The summed E-state index contributed by atoms with van der Waals surface area (Å²) < 4.78 is 0. The van der Waals surface area contributed by atoms with Gasteiger partial charge in [-0.3, -0.25) is 4.79 Å². The Bertz CT molecular complexity index is 333. The lowest BCUT2D eigenvalue weighted by Gasteiger charge is -2.21. The predicted molar refractivity (Wildman–Crippen MR) is 69.5 cm³/mol. The number of aliphatic carboxylic acids is 1. The fourth-order valence-electron chi connectivity index (χ4n) is 1.18. The van der Waals surface area contributed by atoms with Crippen molar-refractivity contribution < 1.29 is 19.5 Å². The number of hydrogen-bond donors (Lipinski definition) is 4. The van der Waals surface area contributed by atoms with Crippen LogP contribution in [0.3, 0.4) is 0 Å². The summed E-state index contributed by atoms with van der Waals surface area (Å²) in [4.78, 5) is 34.9. The summed E-state index contributed by atoms with van der Waals surface area (Å²) in [7, 11) is 3.74. The first-order chi connectivity index (χ1) is 8.73. The zero-order chi connectivity index (χ0) is 15.0. The molecule has 0 spiro atoms. The van der Waals surface area contributed by atoms with E-state index in [9.17, 15) is 14.4 Å². The topological polar surface area (TPSA) is 125 Å². The molecule has 19 heavy (non-hydrogen) atoms. The number of nitrogens with one attached hydrogen (secondary N) is 2. The number of hydrogen-bond acceptors (Lipinski definition) is 4. The van der Waals surface area contributed by atoms with Gasteiger partial charge in [0.2, 0.25) is 5.91 Å². The van der Waals surface area contributed by atoms with Crippen molar-refractivity contribution in [1.29, 1.82) is 0 Å². The van der Waals surface area contributed by atoms with Crippen LogP contribution in [-0.2, 0) is 9.59 Å². The second kappa shape index (κ2) is 8.30. The molecular formula is C11H22N4O4. The molecule has 0 aromatic rings. The number of likely N-dealkylation sites (N-methyl/N-ethyl adjacent to an activating group) is 1. The maximum atomic E-state index is 11.5. The van der Waals surface area contributed by atoms with Crippen LogP contribution in [0.2, 0.25) is 0 Å². The molecule has 0 aromatic carbocycles. The molecule has 0 heterocycles. The molecule has 0 bridgehead atoms. The van der Waals surface area contributed by atoms with Gasteiger partial charge in [-0.25, -0.2) is 9.59 Å². The Kier molecular flexibility index (Phi) is 7.50. The molecule has 0 aromatic heterocycles. The van der Waals surface area contributed by atoms with Crippen molar-refractivity contribution in [2.75, 3.05) is 20.6 Å². The normalized spacial score (nSPS) is 13.7. The van der Waals surface area contributed by atoms with E-state index < -0.39 is 23.9 Å². The van der Waals surface area contributed by atoms with E-state index in [1.54, 1.807) is 0 Å². The number of carboxylic acids is 1. The first-order valence-electron chi connectivity index (χ1n) is 5.96. The minimum atomic E-state index is -1.20. The van der Waals surface area contributed by atoms with Gasteiger partial charge in [0.15, 0.2) is 0 Å². The molecule has 0 rings (SSSR count). The van der Waals surface area contributed by atoms with Crippen molar-refractivity contribution >= 4 is 17.9 Å². The fourth-order valence-corrected chi connectivity index (χ4v) is 1.18. The summed E-state index contributed by atoms with van der Waals surface area (Å²) in [5.74, 6) is -1.80. The predicted octanol–water partition coefficient (Wildman–Crippen LogP) is -1.05. The summed E-state index contributed by atoms with van der Waals surface area (Å²) in [5.41, 5.74) is 4.94. The monoisotopic (exact) mass is 274 g/mol. The number of rotatable bonds is 8. The molecule has 0 radical (unpaired) electrons. The van der Waals surface area contributed by atoms with E-state index in [0.717, 1.165) is 0 Å². The van der Waals surface area contributed by atoms with E-state index in [2.05, 4.69) is 10.6 Å². The number of carbonyl (C=O) groups is 3. The van der Waals surface area contributed by atoms with Gasteiger partial charge >= 0.3 is 12.0 Å². The Morgan fingerprint density at radius 2 is 1.89 bits per heavy atom. The van der Waals surface area contributed by atoms with Crippen molar-refractivity contribution in [1.82, 2.24) is 15.5 Å². The van der Waals surface area contributed by atoms with Gasteiger partial charge in [0.1, 0.15) is 6.04 Å². The van der Waals surface area contributed by atoms with Crippen LogP contribution in [0, 0.1) is 0 Å². The molecule has 0 saturated carbocycles. The number of amides is 3.